The number of amides is 1. The number of carbonyl (C=O) groups is 1. The predicted octanol–water partition coefficient (Wildman–Crippen LogP) is 2.56. The number of halogens is 3. The SMILES string of the molecule is CC(N)C(C)C(=O)NCC(C)N1CCN(c2ccccc2)CC1.Cl.Cl.Cl. The van der Waals surface area contributed by atoms with Crippen molar-refractivity contribution in [3.05, 3.63) is 30.3 Å². The Kier molecular flexibility index (Phi) is 14.2. The van der Waals surface area contributed by atoms with Gasteiger partial charge in [-0.25, -0.2) is 0 Å². The van der Waals surface area contributed by atoms with Gasteiger partial charge in [-0.15, -0.1) is 37.2 Å². The fraction of sp³-hybridized carbons (Fsp3) is 0.611. The zero-order valence-electron chi connectivity index (χ0n) is 15.8. The molecule has 1 aromatic rings. The molecule has 2 rings (SSSR count). The Balaban J connectivity index is 0. The number of nitrogens with two attached hydrogens (primary N) is 1. The van der Waals surface area contributed by atoms with Crippen LogP contribution in [0, 0.1) is 5.92 Å². The van der Waals surface area contributed by atoms with E-state index >= 15 is 0 Å². The number of anilines is 1. The second-order valence-electron chi connectivity index (χ2n) is 6.60. The molecule has 3 unspecified atom stereocenters. The van der Waals surface area contributed by atoms with Crippen LogP contribution in [0.25, 0.3) is 0 Å². The Labute approximate surface area is 176 Å². The third-order valence-corrected chi connectivity index (χ3v) is 4.83. The van der Waals surface area contributed by atoms with Crippen LogP contribution in [0.2, 0.25) is 0 Å². The Bertz CT molecular complexity index is 496. The van der Waals surface area contributed by atoms with E-state index in [2.05, 4.69) is 46.3 Å². The molecule has 1 amide bonds. The fourth-order valence-electron chi connectivity index (χ4n) is 2.84. The molecule has 0 saturated carbocycles. The van der Waals surface area contributed by atoms with Crippen LogP contribution in [0.15, 0.2) is 30.3 Å². The van der Waals surface area contributed by atoms with Gasteiger partial charge < -0.3 is 16.0 Å². The Morgan fingerprint density at radius 2 is 1.58 bits per heavy atom. The zero-order valence-corrected chi connectivity index (χ0v) is 18.2. The zero-order chi connectivity index (χ0) is 16.8. The predicted molar refractivity (Wildman–Crippen MR) is 117 cm³/mol. The lowest BCUT2D eigenvalue weighted by atomic mass is 10.0. The molecule has 1 heterocycles. The average Bonchev–Trinajstić information content (AvgIpc) is 2.59. The molecule has 8 heteroatoms. The van der Waals surface area contributed by atoms with E-state index in [4.69, 9.17) is 5.73 Å². The number of nitrogens with zero attached hydrogens (tertiary/aromatic N) is 2. The lowest BCUT2D eigenvalue weighted by Gasteiger charge is -2.39. The number of hydrogen-bond acceptors (Lipinski definition) is 4. The Morgan fingerprint density at radius 1 is 1.04 bits per heavy atom. The summed E-state index contributed by atoms with van der Waals surface area (Å²) in [6, 6.07) is 10.8. The molecular formula is C18H33Cl3N4O. The van der Waals surface area contributed by atoms with Crippen molar-refractivity contribution in [1.82, 2.24) is 10.2 Å². The molecule has 26 heavy (non-hydrogen) atoms. The largest absolute Gasteiger partial charge is 0.369 e. The number of hydrogen-bond donors (Lipinski definition) is 2. The maximum Gasteiger partial charge on any atom is 0.224 e. The summed E-state index contributed by atoms with van der Waals surface area (Å²) in [6.45, 7) is 10.7. The van der Waals surface area contributed by atoms with Gasteiger partial charge in [0.15, 0.2) is 0 Å². The van der Waals surface area contributed by atoms with Crippen molar-refractivity contribution in [3.63, 3.8) is 0 Å². The normalized spacial score (nSPS) is 17.6. The van der Waals surface area contributed by atoms with E-state index in [1.54, 1.807) is 0 Å². The Morgan fingerprint density at radius 3 is 2.08 bits per heavy atom. The van der Waals surface area contributed by atoms with E-state index in [1.165, 1.54) is 5.69 Å². The van der Waals surface area contributed by atoms with E-state index in [9.17, 15) is 4.79 Å². The molecule has 1 aliphatic heterocycles. The van der Waals surface area contributed by atoms with E-state index in [-0.39, 0.29) is 55.1 Å². The summed E-state index contributed by atoms with van der Waals surface area (Å²) in [6.07, 6.45) is 0. The molecule has 1 aliphatic rings. The fourth-order valence-corrected chi connectivity index (χ4v) is 2.84. The molecule has 1 fully saturated rings. The summed E-state index contributed by atoms with van der Waals surface area (Å²) in [5.74, 6) is -0.0908. The summed E-state index contributed by atoms with van der Waals surface area (Å²) in [5, 5.41) is 3.03. The summed E-state index contributed by atoms with van der Waals surface area (Å²) in [5.41, 5.74) is 7.07. The number of carbonyl (C=O) groups excluding carboxylic acids is 1. The van der Waals surface area contributed by atoms with Crippen LogP contribution in [0.3, 0.4) is 0 Å². The van der Waals surface area contributed by atoms with Gasteiger partial charge >= 0.3 is 0 Å². The highest BCUT2D eigenvalue weighted by Gasteiger charge is 2.23. The molecule has 0 aromatic heterocycles. The molecule has 152 valence electrons. The van der Waals surface area contributed by atoms with E-state index in [1.807, 2.05) is 19.9 Å². The lowest BCUT2D eigenvalue weighted by Crippen LogP contribution is -2.53. The van der Waals surface area contributed by atoms with Crippen molar-refractivity contribution >= 4 is 48.8 Å². The smallest absolute Gasteiger partial charge is 0.224 e. The van der Waals surface area contributed by atoms with Crippen LogP contribution in [0.4, 0.5) is 5.69 Å². The standard InChI is InChI=1S/C18H30N4O.3ClH/c1-14(13-20-18(23)15(2)16(3)19)21-9-11-22(12-10-21)17-7-5-4-6-8-17;;;/h4-8,14-16H,9-13,19H2,1-3H3,(H,20,23);3*1H. The third kappa shape index (κ3) is 7.89. The number of benzene rings is 1. The first-order valence-electron chi connectivity index (χ1n) is 8.56. The van der Waals surface area contributed by atoms with Crippen molar-refractivity contribution in [2.24, 2.45) is 11.7 Å². The van der Waals surface area contributed by atoms with Gasteiger partial charge in [0.1, 0.15) is 0 Å². The second kappa shape index (κ2) is 13.4. The molecule has 3 N–H and O–H groups in total. The van der Waals surface area contributed by atoms with Gasteiger partial charge in [0.05, 0.1) is 0 Å². The first-order chi connectivity index (χ1) is 11.0. The first-order valence-corrected chi connectivity index (χ1v) is 8.56. The van der Waals surface area contributed by atoms with Crippen molar-refractivity contribution < 1.29 is 4.79 Å². The van der Waals surface area contributed by atoms with Gasteiger partial charge in [-0.2, -0.15) is 0 Å². The van der Waals surface area contributed by atoms with Crippen LogP contribution < -0.4 is 16.0 Å². The van der Waals surface area contributed by atoms with Gasteiger partial charge in [-0.3, -0.25) is 9.69 Å². The first kappa shape index (κ1) is 27.5. The summed E-state index contributed by atoms with van der Waals surface area (Å²) in [4.78, 5) is 16.8. The second-order valence-corrected chi connectivity index (χ2v) is 6.60. The summed E-state index contributed by atoms with van der Waals surface area (Å²) in [7, 11) is 0. The van der Waals surface area contributed by atoms with Crippen molar-refractivity contribution in [1.29, 1.82) is 0 Å². The quantitative estimate of drug-likeness (QED) is 0.732. The molecule has 5 nitrogen and oxygen atoms in total. The van der Waals surface area contributed by atoms with Crippen LogP contribution >= 0.6 is 37.2 Å². The van der Waals surface area contributed by atoms with E-state index in [0.717, 1.165) is 26.2 Å². The summed E-state index contributed by atoms with van der Waals surface area (Å²) >= 11 is 0. The molecule has 3 atom stereocenters. The van der Waals surface area contributed by atoms with Crippen LogP contribution in [0.5, 0.6) is 0 Å². The topological polar surface area (TPSA) is 61.6 Å². The van der Waals surface area contributed by atoms with Gasteiger partial charge in [0, 0.05) is 56.4 Å². The van der Waals surface area contributed by atoms with Crippen molar-refractivity contribution in [3.8, 4) is 0 Å². The minimum absolute atomic E-state index is 0. The van der Waals surface area contributed by atoms with Gasteiger partial charge in [0.2, 0.25) is 5.91 Å². The van der Waals surface area contributed by atoms with Crippen LogP contribution in [0.1, 0.15) is 20.8 Å². The summed E-state index contributed by atoms with van der Waals surface area (Å²) < 4.78 is 0. The highest BCUT2D eigenvalue weighted by atomic mass is 35.5. The van der Waals surface area contributed by atoms with E-state index < -0.39 is 0 Å². The minimum atomic E-state index is -0.142. The maximum atomic E-state index is 12.0. The number of nitrogens with one attached hydrogen (secondary N) is 1. The average molecular weight is 428 g/mol. The van der Waals surface area contributed by atoms with Crippen molar-refractivity contribution in [2.75, 3.05) is 37.6 Å². The van der Waals surface area contributed by atoms with Gasteiger partial charge in [0.25, 0.3) is 0 Å². The minimum Gasteiger partial charge on any atom is -0.369 e. The number of rotatable bonds is 6. The number of para-hydroxylation sites is 1. The highest BCUT2D eigenvalue weighted by Crippen LogP contribution is 2.16. The number of piperazine rings is 1. The molecule has 1 saturated heterocycles. The van der Waals surface area contributed by atoms with Crippen LogP contribution in [-0.2, 0) is 4.79 Å². The molecule has 0 bridgehead atoms. The molecular weight excluding hydrogens is 395 g/mol. The third-order valence-electron chi connectivity index (χ3n) is 4.83. The molecule has 0 aliphatic carbocycles. The Hall–Kier alpha value is -0.720. The molecule has 1 aromatic carbocycles. The van der Waals surface area contributed by atoms with Crippen molar-refractivity contribution in [2.45, 2.75) is 32.9 Å². The van der Waals surface area contributed by atoms with Crippen LogP contribution in [-0.4, -0.2) is 55.6 Å². The van der Waals surface area contributed by atoms with E-state index in [0.29, 0.717) is 12.6 Å². The lowest BCUT2D eigenvalue weighted by molar-refractivity contribution is -0.125. The van der Waals surface area contributed by atoms with Gasteiger partial charge in [-0.1, -0.05) is 25.1 Å². The molecule has 0 radical (unpaired) electrons. The molecule has 0 spiro atoms. The monoisotopic (exact) mass is 426 g/mol. The van der Waals surface area contributed by atoms with Gasteiger partial charge in [-0.05, 0) is 26.0 Å². The highest BCUT2D eigenvalue weighted by molar-refractivity contribution is 5.86. The maximum absolute atomic E-state index is 12.0.